The van der Waals surface area contributed by atoms with E-state index in [2.05, 4.69) is 26.2 Å². The number of aromatic nitrogens is 1. The largest absolute Gasteiger partial charge is 0.350 e. The first kappa shape index (κ1) is 16.8. The molecule has 26 heavy (non-hydrogen) atoms. The van der Waals surface area contributed by atoms with Gasteiger partial charge in [-0.05, 0) is 46.1 Å². The molecule has 0 radical (unpaired) electrons. The number of benzene rings is 2. The van der Waals surface area contributed by atoms with Crippen molar-refractivity contribution in [2.24, 2.45) is 0 Å². The van der Waals surface area contributed by atoms with E-state index in [4.69, 9.17) is 0 Å². The lowest BCUT2D eigenvalue weighted by molar-refractivity contribution is -0.128. The summed E-state index contributed by atoms with van der Waals surface area (Å²) in [5.41, 5.74) is 3.12. The number of aromatic amines is 1. The van der Waals surface area contributed by atoms with Crippen LogP contribution in [0.4, 0.5) is 5.69 Å². The first-order valence-corrected chi connectivity index (χ1v) is 9.35. The lowest BCUT2D eigenvalue weighted by atomic mass is 10.2. The number of carbonyl (C=O) groups excluding carboxylic acids is 2. The molecule has 0 atom stereocenters. The molecule has 0 spiro atoms. The number of fused-ring (bicyclic) bond motifs is 1. The number of rotatable bonds is 4. The Morgan fingerprint density at radius 1 is 1.19 bits per heavy atom. The van der Waals surface area contributed by atoms with E-state index in [0.29, 0.717) is 24.3 Å². The van der Waals surface area contributed by atoms with Crippen LogP contribution in [0.15, 0.2) is 53.0 Å². The summed E-state index contributed by atoms with van der Waals surface area (Å²) in [6, 6.07) is 15.4. The van der Waals surface area contributed by atoms with Gasteiger partial charge in [-0.1, -0.05) is 30.3 Å². The summed E-state index contributed by atoms with van der Waals surface area (Å²) in [5.74, 6) is -0.0103. The smallest absolute Gasteiger partial charge is 0.273 e. The van der Waals surface area contributed by atoms with E-state index in [1.807, 2.05) is 53.4 Å². The van der Waals surface area contributed by atoms with E-state index in [1.165, 1.54) is 0 Å². The van der Waals surface area contributed by atoms with Crippen LogP contribution in [0.5, 0.6) is 0 Å². The van der Waals surface area contributed by atoms with Gasteiger partial charge in [0.05, 0.1) is 4.47 Å². The van der Waals surface area contributed by atoms with Crippen molar-refractivity contribution >= 4 is 44.3 Å². The van der Waals surface area contributed by atoms with E-state index < -0.39 is 0 Å². The SMILES string of the molecule is O=C(Nc1cccc(CN2CCCC2=O)c1)c1[nH]c2ccccc2c1Br. The van der Waals surface area contributed by atoms with Gasteiger partial charge in [0.15, 0.2) is 0 Å². The zero-order valence-electron chi connectivity index (χ0n) is 14.1. The number of para-hydroxylation sites is 1. The predicted molar refractivity (Wildman–Crippen MR) is 105 cm³/mol. The van der Waals surface area contributed by atoms with Gasteiger partial charge in [0.1, 0.15) is 5.69 Å². The monoisotopic (exact) mass is 411 g/mol. The first-order chi connectivity index (χ1) is 12.6. The van der Waals surface area contributed by atoms with Gasteiger partial charge in [-0.3, -0.25) is 9.59 Å². The van der Waals surface area contributed by atoms with Gasteiger partial charge in [0.25, 0.3) is 5.91 Å². The molecule has 3 aromatic rings. The molecule has 0 saturated carbocycles. The second-order valence-corrected chi connectivity index (χ2v) is 7.23. The number of carbonyl (C=O) groups is 2. The van der Waals surface area contributed by atoms with Crippen molar-refractivity contribution in [3.63, 3.8) is 0 Å². The van der Waals surface area contributed by atoms with Crippen LogP contribution in [0.2, 0.25) is 0 Å². The van der Waals surface area contributed by atoms with Crippen molar-refractivity contribution in [2.75, 3.05) is 11.9 Å². The Bertz CT molecular complexity index is 996. The minimum Gasteiger partial charge on any atom is -0.350 e. The molecule has 2 aromatic carbocycles. The van der Waals surface area contributed by atoms with Crippen LogP contribution in [-0.4, -0.2) is 28.2 Å². The van der Waals surface area contributed by atoms with Crippen LogP contribution in [-0.2, 0) is 11.3 Å². The summed E-state index contributed by atoms with van der Waals surface area (Å²) < 4.78 is 0.754. The van der Waals surface area contributed by atoms with Gasteiger partial charge < -0.3 is 15.2 Å². The maximum absolute atomic E-state index is 12.7. The molecule has 1 aromatic heterocycles. The van der Waals surface area contributed by atoms with Crippen LogP contribution in [0, 0.1) is 0 Å². The minimum atomic E-state index is -0.206. The Labute approximate surface area is 159 Å². The molecule has 2 heterocycles. The fourth-order valence-electron chi connectivity index (χ4n) is 3.30. The van der Waals surface area contributed by atoms with Crippen molar-refractivity contribution in [3.05, 3.63) is 64.3 Å². The van der Waals surface area contributed by atoms with Gasteiger partial charge in [-0.15, -0.1) is 0 Å². The number of anilines is 1. The molecular formula is C20H18BrN3O2. The van der Waals surface area contributed by atoms with Crippen molar-refractivity contribution in [2.45, 2.75) is 19.4 Å². The minimum absolute atomic E-state index is 0.196. The van der Waals surface area contributed by atoms with E-state index >= 15 is 0 Å². The Hall–Kier alpha value is -2.60. The fraction of sp³-hybridized carbons (Fsp3) is 0.200. The molecule has 2 N–H and O–H groups in total. The van der Waals surface area contributed by atoms with Gasteiger partial charge in [0.2, 0.25) is 5.91 Å². The standard InChI is InChI=1S/C20H18BrN3O2/c21-18-15-7-1-2-8-16(15)23-19(18)20(26)22-14-6-3-5-13(11-14)12-24-10-4-9-17(24)25/h1-3,5-8,11,23H,4,9-10,12H2,(H,22,26). The van der Waals surface area contributed by atoms with E-state index in [-0.39, 0.29) is 11.8 Å². The number of hydrogen-bond acceptors (Lipinski definition) is 2. The van der Waals surface area contributed by atoms with Crippen molar-refractivity contribution in [1.82, 2.24) is 9.88 Å². The highest BCUT2D eigenvalue weighted by Crippen LogP contribution is 2.28. The van der Waals surface area contributed by atoms with Crippen LogP contribution < -0.4 is 5.32 Å². The van der Waals surface area contributed by atoms with E-state index in [1.54, 1.807) is 0 Å². The van der Waals surface area contributed by atoms with Gasteiger partial charge in [-0.2, -0.15) is 0 Å². The lowest BCUT2D eigenvalue weighted by Gasteiger charge is -2.16. The molecule has 4 rings (SSSR count). The molecule has 0 unspecified atom stereocenters. The summed E-state index contributed by atoms with van der Waals surface area (Å²) in [6.45, 7) is 1.38. The molecule has 1 saturated heterocycles. The van der Waals surface area contributed by atoms with E-state index in [9.17, 15) is 9.59 Å². The number of halogens is 1. The lowest BCUT2D eigenvalue weighted by Crippen LogP contribution is -2.23. The predicted octanol–water partition coefficient (Wildman–Crippen LogP) is 4.31. The average molecular weight is 412 g/mol. The van der Waals surface area contributed by atoms with Crippen LogP contribution in [0.1, 0.15) is 28.9 Å². The molecule has 0 bridgehead atoms. The van der Waals surface area contributed by atoms with Gasteiger partial charge in [0, 0.05) is 36.1 Å². The molecule has 132 valence electrons. The summed E-state index contributed by atoms with van der Waals surface area (Å²) in [6.07, 6.45) is 1.55. The number of likely N-dealkylation sites (tertiary alicyclic amines) is 1. The molecular weight excluding hydrogens is 394 g/mol. The molecule has 1 aliphatic heterocycles. The summed E-state index contributed by atoms with van der Waals surface area (Å²) in [7, 11) is 0. The number of hydrogen-bond donors (Lipinski definition) is 2. The molecule has 1 aliphatic rings. The summed E-state index contributed by atoms with van der Waals surface area (Å²) in [5, 5.41) is 3.90. The maximum Gasteiger partial charge on any atom is 0.273 e. The second-order valence-electron chi connectivity index (χ2n) is 6.43. The van der Waals surface area contributed by atoms with Crippen molar-refractivity contribution in [1.29, 1.82) is 0 Å². The topological polar surface area (TPSA) is 65.2 Å². The Morgan fingerprint density at radius 3 is 2.81 bits per heavy atom. The summed E-state index contributed by atoms with van der Waals surface area (Å²) >= 11 is 3.51. The Morgan fingerprint density at radius 2 is 2.04 bits per heavy atom. The van der Waals surface area contributed by atoms with Gasteiger partial charge in [-0.25, -0.2) is 0 Å². The second kappa shape index (κ2) is 6.96. The quantitative estimate of drug-likeness (QED) is 0.671. The molecule has 2 amide bonds. The Balaban J connectivity index is 1.53. The fourth-order valence-corrected chi connectivity index (χ4v) is 3.92. The third-order valence-corrected chi connectivity index (χ3v) is 5.42. The molecule has 5 nitrogen and oxygen atoms in total. The van der Waals surface area contributed by atoms with Gasteiger partial charge >= 0.3 is 0 Å². The number of nitrogens with one attached hydrogen (secondary N) is 2. The van der Waals surface area contributed by atoms with Crippen molar-refractivity contribution < 1.29 is 9.59 Å². The van der Waals surface area contributed by atoms with Crippen LogP contribution in [0.3, 0.4) is 0 Å². The third-order valence-electron chi connectivity index (χ3n) is 4.60. The summed E-state index contributed by atoms with van der Waals surface area (Å²) in [4.78, 5) is 29.5. The zero-order chi connectivity index (χ0) is 18.1. The molecule has 6 heteroatoms. The number of H-pyrrole nitrogens is 1. The average Bonchev–Trinajstić information content (AvgIpc) is 3.19. The molecule has 1 fully saturated rings. The van der Waals surface area contributed by atoms with Crippen LogP contribution in [0.25, 0.3) is 10.9 Å². The van der Waals surface area contributed by atoms with Crippen molar-refractivity contribution in [3.8, 4) is 0 Å². The normalized spacial score (nSPS) is 14.2. The van der Waals surface area contributed by atoms with Crippen LogP contribution >= 0.6 is 15.9 Å². The first-order valence-electron chi connectivity index (χ1n) is 8.56. The highest BCUT2D eigenvalue weighted by atomic mass is 79.9. The maximum atomic E-state index is 12.7. The van der Waals surface area contributed by atoms with E-state index in [0.717, 1.165) is 33.9 Å². The highest BCUT2D eigenvalue weighted by molar-refractivity contribution is 9.10. The number of amides is 2. The third kappa shape index (κ3) is 3.24. The zero-order valence-corrected chi connectivity index (χ0v) is 15.7. The highest BCUT2D eigenvalue weighted by Gasteiger charge is 2.20. The number of nitrogens with zero attached hydrogens (tertiary/aromatic N) is 1. The molecule has 0 aliphatic carbocycles. The Kier molecular flexibility index (Phi) is 4.51.